The molecule has 0 aliphatic carbocycles. The largest absolute Gasteiger partial charge is 0.381 e. The number of hydrogen-bond donors (Lipinski definition) is 1. The average Bonchev–Trinajstić information content (AvgIpc) is 2.45. The minimum atomic E-state index is -3.21. The van der Waals surface area contributed by atoms with E-state index >= 15 is 0 Å². The summed E-state index contributed by atoms with van der Waals surface area (Å²) in [6, 6.07) is 0. The standard InChI is InChI=1S/C10H17N3O2S/c1-4-13-10-9(8(3)12-13)11-5-7(2)6-16(10,14)15/h7,11H,4-6H2,1-3H3. The van der Waals surface area contributed by atoms with E-state index in [9.17, 15) is 8.42 Å². The van der Waals surface area contributed by atoms with E-state index in [0.29, 0.717) is 23.8 Å². The quantitative estimate of drug-likeness (QED) is 0.800. The van der Waals surface area contributed by atoms with E-state index in [0.717, 1.165) is 5.69 Å². The van der Waals surface area contributed by atoms with Crippen molar-refractivity contribution in [3.63, 3.8) is 0 Å². The molecule has 1 aliphatic rings. The van der Waals surface area contributed by atoms with Gasteiger partial charge < -0.3 is 5.32 Å². The van der Waals surface area contributed by atoms with Crippen molar-refractivity contribution in [3.8, 4) is 0 Å². The molecule has 1 aliphatic heterocycles. The number of aromatic nitrogens is 2. The van der Waals surface area contributed by atoms with E-state index in [-0.39, 0.29) is 11.7 Å². The Kier molecular flexibility index (Phi) is 2.69. The second-order valence-corrected chi connectivity index (χ2v) is 6.30. The van der Waals surface area contributed by atoms with E-state index in [1.165, 1.54) is 0 Å². The highest BCUT2D eigenvalue weighted by atomic mass is 32.2. The summed E-state index contributed by atoms with van der Waals surface area (Å²) in [6.07, 6.45) is 0. The highest BCUT2D eigenvalue weighted by Crippen LogP contribution is 2.30. The zero-order chi connectivity index (χ0) is 11.9. The van der Waals surface area contributed by atoms with Crippen LogP contribution in [0.4, 0.5) is 5.69 Å². The number of aryl methyl sites for hydroxylation is 2. The van der Waals surface area contributed by atoms with Crippen molar-refractivity contribution in [1.82, 2.24) is 9.78 Å². The van der Waals surface area contributed by atoms with Crippen molar-refractivity contribution in [2.24, 2.45) is 5.92 Å². The van der Waals surface area contributed by atoms with Crippen molar-refractivity contribution >= 4 is 15.5 Å². The summed E-state index contributed by atoms with van der Waals surface area (Å²) >= 11 is 0. The molecule has 1 aromatic heterocycles. The van der Waals surface area contributed by atoms with Crippen molar-refractivity contribution in [3.05, 3.63) is 5.69 Å². The first-order chi connectivity index (χ1) is 7.45. The van der Waals surface area contributed by atoms with Gasteiger partial charge in [0, 0.05) is 13.1 Å². The van der Waals surface area contributed by atoms with Crippen molar-refractivity contribution in [2.75, 3.05) is 17.6 Å². The highest BCUT2D eigenvalue weighted by Gasteiger charge is 2.31. The monoisotopic (exact) mass is 243 g/mol. The van der Waals surface area contributed by atoms with Gasteiger partial charge in [-0.25, -0.2) is 8.42 Å². The molecule has 0 amide bonds. The number of nitrogens with one attached hydrogen (secondary N) is 1. The normalized spacial score (nSPS) is 23.3. The Morgan fingerprint density at radius 3 is 2.88 bits per heavy atom. The van der Waals surface area contributed by atoms with Crippen LogP contribution in [0.25, 0.3) is 0 Å². The Morgan fingerprint density at radius 1 is 1.56 bits per heavy atom. The SMILES string of the molecule is CCn1nc(C)c2c1S(=O)(=O)CC(C)CN2. The Morgan fingerprint density at radius 2 is 2.25 bits per heavy atom. The van der Waals surface area contributed by atoms with Gasteiger partial charge in [-0.3, -0.25) is 4.68 Å². The van der Waals surface area contributed by atoms with E-state index in [1.807, 2.05) is 20.8 Å². The van der Waals surface area contributed by atoms with Crippen LogP contribution in [0.5, 0.6) is 0 Å². The predicted octanol–water partition coefficient (Wildman–Crippen LogP) is 1.05. The molecule has 0 aromatic carbocycles. The molecular formula is C10H17N3O2S. The number of rotatable bonds is 1. The van der Waals surface area contributed by atoms with Gasteiger partial charge in [-0.05, 0) is 19.8 Å². The van der Waals surface area contributed by atoms with Gasteiger partial charge in [-0.2, -0.15) is 5.10 Å². The maximum Gasteiger partial charge on any atom is 0.197 e. The molecule has 90 valence electrons. The van der Waals surface area contributed by atoms with Gasteiger partial charge in [0.05, 0.1) is 17.1 Å². The Bertz CT molecular complexity index is 504. The zero-order valence-corrected chi connectivity index (χ0v) is 10.6. The maximum absolute atomic E-state index is 12.2. The number of sulfone groups is 1. The fraction of sp³-hybridized carbons (Fsp3) is 0.700. The lowest BCUT2D eigenvalue weighted by Crippen LogP contribution is -2.18. The van der Waals surface area contributed by atoms with Crippen LogP contribution >= 0.6 is 0 Å². The molecule has 2 rings (SSSR count). The van der Waals surface area contributed by atoms with E-state index in [4.69, 9.17) is 0 Å². The molecule has 1 N–H and O–H groups in total. The van der Waals surface area contributed by atoms with Gasteiger partial charge in [-0.1, -0.05) is 6.92 Å². The predicted molar refractivity (Wildman–Crippen MR) is 62.3 cm³/mol. The van der Waals surface area contributed by atoms with Crippen LogP contribution in [0, 0.1) is 12.8 Å². The zero-order valence-electron chi connectivity index (χ0n) is 9.82. The van der Waals surface area contributed by atoms with Crippen LogP contribution in [-0.4, -0.2) is 30.5 Å². The summed E-state index contributed by atoms with van der Waals surface area (Å²) in [4.78, 5) is 0. The molecule has 5 nitrogen and oxygen atoms in total. The third kappa shape index (κ3) is 1.71. The van der Waals surface area contributed by atoms with E-state index in [1.54, 1.807) is 4.68 Å². The second kappa shape index (κ2) is 3.76. The molecule has 0 fully saturated rings. The Balaban J connectivity index is 2.65. The van der Waals surface area contributed by atoms with Crippen LogP contribution in [0.15, 0.2) is 5.03 Å². The van der Waals surface area contributed by atoms with Gasteiger partial charge in [0.25, 0.3) is 0 Å². The van der Waals surface area contributed by atoms with Crippen LogP contribution in [-0.2, 0) is 16.4 Å². The number of fused-ring (bicyclic) bond motifs is 1. The number of anilines is 1. The molecule has 16 heavy (non-hydrogen) atoms. The molecule has 1 aromatic rings. The van der Waals surface area contributed by atoms with Crippen LogP contribution in [0.3, 0.4) is 0 Å². The van der Waals surface area contributed by atoms with Crippen LogP contribution in [0.1, 0.15) is 19.5 Å². The lowest BCUT2D eigenvalue weighted by atomic mass is 10.2. The molecule has 0 radical (unpaired) electrons. The highest BCUT2D eigenvalue weighted by molar-refractivity contribution is 7.91. The number of nitrogens with zero attached hydrogens (tertiary/aromatic N) is 2. The summed E-state index contributed by atoms with van der Waals surface area (Å²) in [6.45, 7) is 6.93. The van der Waals surface area contributed by atoms with E-state index < -0.39 is 9.84 Å². The molecule has 0 saturated carbocycles. The van der Waals surface area contributed by atoms with Crippen molar-refractivity contribution in [2.45, 2.75) is 32.3 Å². The van der Waals surface area contributed by atoms with Gasteiger partial charge in [-0.15, -0.1) is 0 Å². The molecular weight excluding hydrogens is 226 g/mol. The second-order valence-electron chi connectivity index (χ2n) is 4.35. The molecule has 6 heteroatoms. The fourth-order valence-electron chi connectivity index (χ4n) is 2.08. The molecule has 0 bridgehead atoms. The first-order valence-corrected chi connectivity index (χ1v) is 7.15. The summed E-state index contributed by atoms with van der Waals surface area (Å²) in [5.41, 5.74) is 1.45. The van der Waals surface area contributed by atoms with Gasteiger partial charge in [0.15, 0.2) is 14.9 Å². The minimum Gasteiger partial charge on any atom is -0.381 e. The van der Waals surface area contributed by atoms with Crippen molar-refractivity contribution < 1.29 is 8.42 Å². The van der Waals surface area contributed by atoms with Gasteiger partial charge >= 0.3 is 0 Å². The summed E-state index contributed by atoms with van der Waals surface area (Å²) in [5, 5.41) is 7.80. The average molecular weight is 243 g/mol. The lowest BCUT2D eigenvalue weighted by Gasteiger charge is -2.07. The van der Waals surface area contributed by atoms with Gasteiger partial charge in [0.1, 0.15) is 0 Å². The molecule has 1 unspecified atom stereocenters. The first kappa shape index (κ1) is 11.4. The molecule has 0 saturated heterocycles. The van der Waals surface area contributed by atoms with Crippen molar-refractivity contribution in [1.29, 1.82) is 0 Å². The first-order valence-electron chi connectivity index (χ1n) is 5.49. The Hall–Kier alpha value is -1.04. The summed E-state index contributed by atoms with van der Waals surface area (Å²) in [5.74, 6) is 0.320. The molecule has 0 spiro atoms. The lowest BCUT2D eigenvalue weighted by molar-refractivity contribution is 0.548. The summed E-state index contributed by atoms with van der Waals surface area (Å²) < 4.78 is 26.0. The van der Waals surface area contributed by atoms with E-state index in [2.05, 4.69) is 10.4 Å². The third-order valence-corrected chi connectivity index (χ3v) is 4.82. The molecule has 1 atom stereocenters. The van der Waals surface area contributed by atoms with Crippen LogP contribution in [0.2, 0.25) is 0 Å². The Labute approximate surface area is 95.8 Å². The molecule has 2 heterocycles. The maximum atomic E-state index is 12.2. The number of hydrogen-bond acceptors (Lipinski definition) is 4. The fourth-order valence-corrected chi connectivity index (χ4v) is 4.13. The van der Waals surface area contributed by atoms with Crippen LogP contribution < -0.4 is 5.32 Å². The summed E-state index contributed by atoms with van der Waals surface area (Å²) in [7, 11) is -3.21. The minimum absolute atomic E-state index is 0.127. The smallest absolute Gasteiger partial charge is 0.197 e. The van der Waals surface area contributed by atoms with Gasteiger partial charge in [0.2, 0.25) is 0 Å². The topological polar surface area (TPSA) is 64.0 Å². The third-order valence-electron chi connectivity index (χ3n) is 2.81.